The zero-order valence-corrected chi connectivity index (χ0v) is 13.2. The highest BCUT2D eigenvalue weighted by molar-refractivity contribution is 7.92. The average Bonchev–Trinajstić information content (AvgIpc) is 2.72. The summed E-state index contributed by atoms with van der Waals surface area (Å²) in [6, 6.07) is 14.7. The Morgan fingerprint density at radius 1 is 0.905 bits per heavy atom. The van der Waals surface area contributed by atoms with Gasteiger partial charge in [0.25, 0.3) is 0 Å². The average molecular weight is 298 g/mol. The van der Waals surface area contributed by atoms with Crippen molar-refractivity contribution >= 4 is 15.4 Å². The van der Waals surface area contributed by atoms with Crippen molar-refractivity contribution in [2.75, 3.05) is 0 Å². The van der Waals surface area contributed by atoms with Gasteiger partial charge >= 0.3 is 0 Å². The van der Waals surface area contributed by atoms with Gasteiger partial charge in [0, 0.05) is 0 Å². The SMILES string of the molecule is CC1=C(C)C(S(=O)(=O)c2ccccc2)c2ccc(C)cc21. The van der Waals surface area contributed by atoms with Crippen LogP contribution >= 0.6 is 0 Å². The number of rotatable bonds is 2. The van der Waals surface area contributed by atoms with E-state index in [1.165, 1.54) is 0 Å². The van der Waals surface area contributed by atoms with E-state index in [4.69, 9.17) is 0 Å². The second kappa shape index (κ2) is 4.85. The van der Waals surface area contributed by atoms with Crippen molar-refractivity contribution in [1.82, 2.24) is 0 Å². The van der Waals surface area contributed by atoms with Crippen LogP contribution in [0.25, 0.3) is 5.57 Å². The lowest BCUT2D eigenvalue weighted by Crippen LogP contribution is -2.13. The van der Waals surface area contributed by atoms with Crippen LogP contribution in [0.4, 0.5) is 0 Å². The van der Waals surface area contributed by atoms with Gasteiger partial charge in [0.05, 0.1) is 4.90 Å². The normalized spacial score (nSPS) is 18.0. The van der Waals surface area contributed by atoms with Crippen LogP contribution in [0.15, 0.2) is 59.0 Å². The molecule has 3 rings (SSSR count). The van der Waals surface area contributed by atoms with Crippen molar-refractivity contribution in [1.29, 1.82) is 0 Å². The molecule has 108 valence electrons. The van der Waals surface area contributed by atoms with Gasteiger partial charge in [0.1, 0.15) is 5.25 Å². The smallest absolute Gasteiger partial charge is 0.189 e. The summed E-state index contributed by atoms with van der Waals surface area (Å²) in [6.45, 7) is 5.96. The Morgan fingerprint density at radius 2 is 1.57 bits per heavy atom. The lowest BCUT2D eigenvalue weighted by Gasteiger charge is -2.16. The fourth-order valence-corrected chi connectivity index (χ4v) is 5.00. The fourth-order valence-electron chi connectivity index (χ4n) is 3.01. The molecule has 0 aliphatic heterocycles. The Bertz CT molecular complexity index is 831. The molecule has 0 spiro atoms. The molecule has 2 aromatic rings. The first kappa shape index (κ1) is 14.1. The molecule has 0 amide bonds. The quantitative estimate of drug-likeness (QED) is 0.827. The molecule has 1 aliphatic carbocycles. The molecule has 2 aromatic carbocycles. The van der Waals surface area contributed by atoms with Gasteiger partial charge in [-0.25, -0.2) is 8.42 Å². The summed E-state index contributed by atoms with van der Waals surface area (Å²) in [7, 11) is -3.40. The molecule has 0 heterocycles. The molecule has 0 bridgehead atoms. The number of fused-ring (bicyclic) bond motifs is 1. The third-order valence-electron chi connectivity index (χ3n) is 4.26. The van der Waals surface area contributed by atoms with Crippen molar-refractivity contribution in [2.24, 2.45) is 0 Å². The molecule has 21 heavy (non-hydrogen) atoms. The third-order valence-corrected chi connectivity index (χ3v) is 6.42. The van der Waals surface area contributed by atoms with Gasteiger partial charge in [-0.3, -0.25) is 0 Å². The predicted molar refractivity (Wildman–Crippen MR) is 85.8 cm³/mol. The first-order valence-electron chi connectivity index (χ1n) is 7.00. The molecular formula is C18H18O2S. The molecule has 1 atom stereocenters. The molecule has 3 heteroatoms. The standard InChI is InChI=1S/C18H18O2S/c1-12-9-10-16-17(11-12)13(2)14(3)18(16)21(19,20)15-7-5-4-6-8-15/h4-11,18H,1-3H3. The van der Waals surface area contributed by atoms with E-state index < -0.39 is 15.1 Å². The second-order valence-electron chi connectivity index (χ2n) is 5.64. The fraction of sp³-hybridized carbons (Fsp3) is 0.222. The number of aryl methyl sites for hydroxylation is 1. The number of hydrogen-bond acceptors (Lipinski definition) is 2. The Hall–Kier alpha value is -1.87. The second-order valence-corrected chi connectivity index (χ2v) is 7.67. The Balaban J connectivity index is 2.22. The number of benzene rings is 2. The number of allylic oxidation sites excluding steroid dienone is 1. The van der Waals surface area contributed by atoms with Crippen molar-refractivity contribution < 1.29 is 8.42 Å². The van der Waals surface area contributed by atoms with Gasteiger partial charge in [-0.15, -0.1) is 0 Å². The summed E-state index contributed by atoms with van der Waals surface area (Å²) < 4.78 is 26.0. The highest BCUT2D eigenvalue weighted by atomic mass is 32.2. The van der Waals surface area contributed by atoms with E-state index in [0.29, 0.717) is 4.90 Å². The van der Waals surface area contributed by atoms with Gasteiger partial charge in [0.2, 0.25) is 0 Å². The van der Waals surface area contributed by atoms with E-state index in [1.54, 1.807) is 24.3 Å². The molecule has 0 aromatic heterocycles. The van der Waals surface area contributed by atoms with E-state index in [9.17, 15) is 8.42 Å². The van der Waals surface area contributed by atoms with Crippen LogP contribution in [0.5, 0.6) is 0 Å². The number of hydrogen-bond donors (Lipinski definition) is 0. The lowest BCUT2D eigenvalue weighted by atomic mass is 10.0. The summed E-state index contributed by atoms with van der Waals surface area (Å²) in [6.07, 6.45) is 0. The Morgan fingerprint density at radius 3 is 2.24 bits per heavy atom. The molecule has 0 saturated carbocycles. The van der Waals surface area contributed by atoms with Crippen LogP contribution in [0.1, 0.15) is 35.8 Å². The van der Waals surface area contributed by atoms with Gasteiger partial charge in [-0.2, -0.15) is 0 Å². The minimum atomic E-state index is -3.40. The van der Waals surface area contributed by atoms with Crippen molar-refractivity contribution in [3.63, 3.8) is 0 Å². The molecule has 1 unspecified atom stereocenters. The van der Waals surface area contributed by atoms with Crippen LogP contribution in [0.2, 0.25) is 0 Å². The van der Waals surface area contributed by atoms with E-state index in [-0.39, 0.29) is 0 Å². The van der Waals surface area contributed by atoms with Crippen molar-refractivity contribution in [2.45, 2.75) is 30.9 Å². The molecule has 0 N–H and O–H groups in total. The van der Waals surface area contributed by atoms with Gasteiger partial charge in [-0.1, -0.05) is 42.0 Å². The topological polar surface area (TPSA) is 34.1 Å². The maximum atomic E-state index is 13.0. The highest BCUT2D eigenvalue weighted by Crippen LogP contribution is 2.46. The van der Waals surface area contributed by atoms with E-state index in [1.807, 2.05) is 39.0 Å². The molecule has 1 aliphatic rings. The van der Waals surface area contributed by atoms with Crippen LogP contribution in [-0.4, -0.2) is 8.42 Å². The van der Waals surface area contributed by atoms with Gasteiger partial charge < -0.3 is 0 Å². The predicted octanol–water partition coefficient (Wildman–Crippen LogP) is 4.32. The third kappa shape index (κ3) is 2.12. The Kier molecular flexibility index (Phi) is 3.25. The van der Waals surface area contributed by atoms with E-state index >= 15 is 0 Å². The summed E-state index contributed by atoms with van der Waals surface area (Å²) in [5.41, 5.74) is 5.13. The number of sulfone groups is 1. The van der Waals surface area contributed by atoms with Crippen LogP contribution in [0.3, 0.4) is 0 Å². The first-order chi connectivity index (χ1) is 9.93. The van der Waals surface area contributed by atoms with Crippen LogP contribution < -0.4 is 0 Å². The van der Waals surface area contributed by atoms with E-state index in [0.717, 1.165) is 27.8 Å². The molecular weight excluding hydrogens is 280 g/mol. The summed E-state index contributed by atoms with van der Waals surface area (Å²) in [4.78, 5) is 0.385. The lowest BCUT2D eigenvalue weighted by molar-refractivity contribution is 0.589. The maximum absolute atomic E-state index is 13.0. The minimum absolute atomic E-state index is 0.385. The minimum Gasteiger partial charge on any atom is -0.223 e. The zero-order valence-electron chi connectivity index (χ0n) is 12.4. The van der Waals surface area contributed by atoms with Crippen molar-refractivity contribution in [3.05, 3.63) is 70.8 Å². The van der Waals surface area contributed by atoms with E-state index in [2.05, 4.69) is 6.07 Å². The van der Waals surface area contributed by atoms with Gasteiger partial charge in [0.15, 0.2) is 9.84 Å². The molecule has 0 saturated heterocycles. The monoisotopic (exact) mass is 298 g/mol. The maximum Gasteiger partial charge on any atom is 0.189 e. The molecule has 0 radical (unpaired) electrons. The highest BCUT2D eigenvalue weighted by Gasteiger charge is 2.37. The summed E-state index contributed by atoms with van der Waals surface area (Å²) in [5, 5.41) is -0.560. The summed E-state index contributed by atoms with van der Waals surface area (Å²) >= 11 is 0. The Labute approximate surface area is 126 Å². The first-order valence-corrected chi connectivity index (χ1v) is 8.55. The van der Waals surface area contributed by atoms with Crippen LogP contribution in [-0.2, 0) is 9.84 Å². The van der Waals surface area contributed by atoms with Crippen molar-refractivity contribution in [3.8, 4) is 0 Å². The molecule has 2 nitrogen and oxygen atoms in total. The van der Waals surface area contributed by atoms with Crippen LogP contribution in [0, 0.1) is 6.92 Å². The molecule has 0 fully saturated rings. The summed E-state index contributed by atoms with van der Waals surface area (Å²) in [5.74, 6) is 0. The van der Waals surface area contributed by atoms with Gasteiger partial charge in [-0.05, 0) is 55.2 Å². The zero-order chi connectivity index (χ0) is 15.2. The largest absolute Gasteiger partial charge is 0.223 e.